The second-order valence-corrected chi connectivity index (χ2v) is 5.13. The van der Waals surface area contributed by atoms with Crippen LogP contribution in [-0.2, 0) is 0 Å². The number of rotatable bonds is 7. The van der Waals surface area contributed by atoms with Crippen molar-refractivity contribution >= 4 is 0 Å². The highest BCUT2D eigenvalue weighted by Crippen LogP contribution is 2.26. The van der Waals surface area contributed by atoms with Gasteiger partial charge in [-0.25, -0.2) is 0 Å². The van der Waals surface area contributed by atoms with Crippen LogP contribution in [0.25, 0.3) is 0 Å². The molecular formula is C16H28N2. The summed E-state index contributed by atoms with van der Waals surface area (Å²) in [6.45, 7) is 11.3. The summed E-state index contributed by atoms with van der Waals surface area (Å²) in [5, 5.41) is 3.51. The SMILES string of the molecule is CCN(CC)C(C(C)C)C(NC)c1ccccc1. The molecule has 18 heavy (non-hydrogen) atoms. The van der Waals surface area contributed by atoms with E-state index in [1.165, 1.54) is 5.56 Å². The first kappa shape index (κ1) is 15.2. The molecule has 0 amide bonds. The van der Waals surface area contributed by atoms with Crippen molar-refractivity contribution in [3.8, 4) is 0 Å². The Kier molecular flexibility index (Phi) is 6.37. The Balaban J connectivity index is 3.01. The van der Waals surface area contributed by atoms with E-state index in [4.69, 9.17) is 0 Å². The third-order valence-electron chi connectivity index (χ3n) is 3.73. The van der Waals surface area contributed by atoms with Crippen molar-refractivity contribution in [3.63, 3.8) is 0 Å². The van der Waals surface area contributed by atoms with Gasteiger partial charge >= 0.3 is 0 Å². The number of benzene rings is 1. The number of nitrogens with one attached hydrogen (secondary N) is 1. The van der Waals surface area contributed by atoms with Crippen molar-refractivity contribution in [1.82, 2.24) is 10.2 Å². The predicted octanol–water partition coefficient (Wildman–Crippen LogP) is 3.31. The lowest BCUT2D eigenvalue weighted by Crippen LogP contribution is -2.47. The van der Waals surface area contributed by atoms with Crippen LogP contribution in [-0.4, -0.2) is 31.1 Å². The summed E-state index contributed by atoms with van der Waals surface area (Å²) in [6.07, 6.45) is 0. The highest BCUT2D eigenvalue weighted by Gasteiger charge is 2.28. The quantitative estimate of drug-likeness (QED) is 0.796. The van der Waals surface area contributed by atoms with Gasteiger partial charge in [-0.3, -0.25) is 4.90 Å². The lowest BCUT2D eigenvalue weighted by Gasteiger charge is -2.39. The maximum atomic E-state index is 3.51. The summed E-state index contributed by atoms with van der Waals surface area (Å²) >= 11 is 0. The van der Waals surface area contributed by atoms with E-state index < -0.39 is 0 Å². The predicted molar refractivity (Wildman–Crippen MR) is 79.8 cm³/mol. The zero-order valence-electron chi connectivity index (χ0n) is 12.5. The average Bonchev–Trinajstić information content (AvgIpc) is 2.40. The number of hydrogen-bond donors (Lipinski definition) is 1. The van der Waals surface area contributed by atoms with E-state index >= 15 is 0 Å². The van der Waals surface area contributed by atoms with Gasteiger partial charge in [-0.05, 0) is 31.6 Å². The van der Waals surface area contributed by atoms with Gasteiger partial charge in [-0.15, -0.1) is 0 Å². The normalized spacial score (nSPS) is 15.1. The van der Waals surface area contributed by atoms with Gasteiger partial charge in [0, 0.05) is 12.1 Å². The Morgan fingerprint density at radius 1 is 1.06 bits per heavy atom. The van der Waals surface area contributed by atoms with Gasteiger partial charge in [0.2, 0.25) is 0 Å². The standard InChI is InChI=1S/C16H28N2/c1-6-18(7-2)16(13(3)4)15(17-5)14-11-9-8-10-12-14/h8-13,15-17H,6-7H2,1-5H3. The monoisotopic (exact) mass is 248 g/mol. The van der Waals surface area contributed by atoms with Crippen molar-refractivity contribution in [3.05, 3.63) is 35.9 Å². The second kappa shape index (κ2) is 7.55. The van der Waals surface area contributed by atoms with Gasteiger partial charge in [0.15, 0.2) is 0 Å². The minimum absolute atomic E-state index is 0.395. The smallest absolute Gasteiger partial charge is 0.0478 e. The number of nitrogens with zero attached hydrogens (tertiary/aromatic N) is 1. The molecule has 0 fully saturated rings. The van der Waals surface area contributed by atoms with E-state index in [-0.39, 0.29) is 0 Å². The Morgan fingerprint density at radius 3 is 2.00 bits per heavy atom. The highest BCUT2D eigenvalue weighted by atomic mass is 15.2. The van der Waals surface area contributed by atoms with Crippen molar-refractivity contribution in [2.24, 2.45) is 5.92 Å². The van der Waals surface area contributed by atoms with Gasteiger partial charge in [0.1, 0.15) is 0 Å². The van der Waals surface area contributed by atoms with Crippen LogP contribution in [0.2, 0.25) is 0 Å². The van der Waals surface area contributed by atoms with Crippen molar-refractivity contribution in [1.29, 1.82) is 0 Å². The zero-order chi connectivity index (χ0) is 13.5. The first-order valence-electron chi connectivity index (χ1n) is 7.11. The Bertz CT molecular complexity index is 317. The van der Waals surface area contributed by atoms with Crippen molar-refractivity contribution < 1.29 is 0 Å². The molecule has 0 aromatic heterocycles. The van der Waals surface area contributed by atoms with Crippen LogP contribution in [0.4, 0.5) is 0 Å². The van der Waals surface area contributed by atoms with Crippen LogP contribution in [0.15, 0.2) is 30.3 Å². The lowest BCUT2D eigenvalue weighted by atomic mass is 9.89. The maximum Gasteiger partial charge on any atom is 0.0478 e. The molecule has 0 spiro atoms. The van der Waals surface area contributed by atoms with Gasteiger partial charge in [-0.2, -0.15) is 0 Å². The van der Waals surface area contributed by atoms with E-state index in [0.717, 1.165) is 13.1 Å². The first-order valence-corrected chi connectivity index (χ1v) is 7.11. The molecule has 2 nitrogen and oxygen atoms in total. The Labute approximate surface area is 112 Å². The molecule has 2 unspecified atom stereocenters. The second-order valence-electron chi connectivity index (χ2n) is 5.13. The molecule has 1 aromatic rings. The molecule has 0 radical (unpaired) electrons. The third-order valence-corrected chi connectivity index (χ3v) is 3.73. The molecular weight excluding hydrogens is 220 g/mol. The van der Waals surface area contributed by atoms with Crippen molar-refractivity contribution in [2.75, 3.05) is 20.1 Å². The van der Waals surface area contributed by atoms with Crippen LogP contribution < -0.4 is 5.32 Å². The zero-order valence-corrected chi connectivity index (χ0v) is 12.5. The number of likely N-dealkylation sites (N-methyl/N-ethyl adjacent to an activating group) is 2. The van der Waals surface area contributed by atoms with Crippen LogP contribution in [0.3, 0.4) is 0 Å². The number of hydrogen-bond acceptors (Lipinski definition) is 2. The molecule has 2 atom stereocenters. The summed E-state index contributed by atoms with van der Waals surface area (Å²) in [6, 6.07) is 11.7. The molecule has 0 aliphatic carbocycles. The molecule has 1 N–H and O–H groups in total. The largest absolute Gasteiger partial charge is 0.312 e. The summed E-state index contributed by atoms with van der Waals surface area (Å²) in [5.41, 5.74) is 1.38. The Morgan fingerprint density at radius 2 is 1.61 bits per heavy atom. The molecule has 0 aliphatic rings. The third kappa shape index (κ3) is 3.56. The minimum Gasteiger partial charge on any atom is -0.312 e. The Hall–Kier alpha value is -0.860. The molecule has 0 heterocycles. The molecule has 102 valence electrons. The van der Waals surface area contributed by atoms with Crippen molar-refractivity contribution in [2.45, 2.75) is 39.8 Å². The summed E-state index contributed by atoms with van der Waals surface area (Å²) in [5.74, 6) is 0.627. The van der Waals surface area contributed by atoms with E-state index in [1.807, 2.05) is 0 Å². The molecule has 0 saturated carbocycles. The molecule has 1 aromatic carbocycles. The highest BCUT2D eigenvalue weighted by molar-refractivity contribution is 5.21. The van der Waals surface area contributed by atoms with Gasteiger partial charge in [0.25, 0.3) is 0 Å². The summed E-state index contributed by atoms with van der Waals surface area (Å²) < 4.78 is 0. The fourth-order valence-corrected chi connectivity index (χ4v) is 2.86. The van der Waals surface area contributed by atoms with E-state index in [1.54, 1.807) is 0 Å². The molecule has 0 bridgehead atoms. The van der Waals surface area contributed by atoms with Crippen LogP contribution in [0.5, 0.6) is 0 Å². The van der Waals surface area contributed by atoms with E-state index in [2.05, 4.69) is 75.3 Å². The topological polar surface area (TPSA) is 15.3 Å². The first-order chi connectivity index (χ1) is 8.65. The van der Waals surface area contributed by atoms with Gasteiger partial charge in [0.05, 0.1) is 0 Å². The van der Waals surface area contributed by atoms with Crippen LogP contribution in [0, 0.1) is 5.92 Å². The molecule has 0 aliphatic heterocycles. The lowest BCUT2D eigenvalue weighted by molar-refractivity contribution is 0.132. The molecule has 2 heteroatoms. The summed E-state index contributed by atoms with van der Waals surface area (Å²) in [4.78, 5) is 2.55. The van der Waals surface area contributed by atoms with Gasteiger partial charge in [-0.1, -0.05) is 58.0 Å². The fraction of sp³-hybridized carbons (Fsp3) is 0.625. The van der Waals surface area contributed by atoms with E-state index in [0.29, 0.717) is 18.0 Å². The maximum absolute atomic E-state index is 3.51. The minimum atomic E-state index is 0.395. The van der Waals surface area contributed by atoms with Gasteiger partial charge < -0.3 is 5.32 Å². The molecule has 1 rings (SSSR count). The van der Waals surface area contributed by atoms with E-state index in [9.17, 15) is 0 Å². The summed E-state index contributed by atoms with van der Waals surface area (Å²) in [7, 11) is 2.07. The average molecular weight is 248 g/mol. The molecule has 0 saturated heterocycles. The van der Waals surface area contributed by atoms with Crippen LogP contribution >= 0.6 is 0 Å². The van der Waals surface area contributed by atoms with Crippen LogP contribution in [0.1, 0.15) is 39.3 Å². The fourth-order valence-electron chi connectivity index (χ4n) is 2.86.